The molecule has 0 saturated carbocycles. The highest BCUT2D eigenvalue weighted by Gasteiger charge is 2.57. The van der Waals surface area contributed by atoms with Crippen LogP contribution >= 0.6 is 35.2 Å². The van der Waals surface area contributed by atoms with Crippen molar-refractivity contribution in [2.45, 2.75) is 63.8 Å². The van der Waals surface area contributed by atoms with E-state index in [4.69, 9.17) is 24.0 Å². The first-order valence-electron chi connectivity index (χ1n) is 15.8. The van der Waals surface area contributed by atoms with E-state index < -0.39 is 84.1 Å². The fourth-order valence-corrected chi connectivity index (χ4v) is 8.27. The van der Waals surface area contributed by atoms with Crippen molar-refractivity contribution in [3.63, 3.8) is 0 Å². The standard InChI is InChI=1S/C27H42N7O17P3S/c1-5-6-7-18(36)55-11-10-29-17(35)8-9-30-25(39)22(38)26(2,3)13-48-54(45,46)51-53(43,44)47-12-16-20(50-52(40,41)42)21(37)27(4,49-16)34-15-33-19-23(28)31-14-32-24(19)34/h6,14-16,20-22,37-38H,1,7-13H2,2-4H3,(H,29,35)(H,30,39)(H,43,44)(H,45,46)(H2,28,31,32)(H2,40,41,42). The molecule has 0 aliphatic carbocycles. The van der Waals surface area contributed by atoms with E-state index in [2.05, 4.69) is 42.2 Å². The Morgan fingerprint density at radius 2 is 1.82 bits per heavy atom. The molecule has 7 unspecified atom stereocenters. The topological polar surface area (TPSA) is 364 Å². The van der Waals surface area contributed by atoms with Gasteiger partial charge in [-0.25, -0.2) is 28.6 Å². The number of nitrogens with zero attached hydrogens (tertiary/aromatic N) is 4. The number of aliphatic hydroxyl groups is 2. The van der Waals surface area contributed by atoms with Gasteiger partial charge in [-0.05, 0) is 13.0 Å². The van der Waals surface area contributed by atoms with E-state index in [1.165, 1.54) is 26.8 Å². The van der Waals surface area contributed by atoms with Crippen LogP contribution < -0.4 is 16.4 Å². The number of aliphatic hydroxyl groups excluding tert-OH is 2. The van der Waals surface area contributed by atoms with E-state index in [0.29, 0.717) is 5.75 Å². The number of fused-ring (bicyclic) bond motifs is 1. The molecule has 0 aromatic carbocycles. The second kappa shape index (κ2) is 19.0. The van der Waals surface area contributed by atoms with Crippen molar-refractivity contribution in [2.24, 2.45) is 5.41 Å². The minimum atomic E-state index is -5.59. The number of phosphoric acid groups is 3. The number of hydrogen-bond acceptors (Lipinski definition) is 18. The molecule has 1 fully saturated rings. The Balaban J connectivity index is 1.54. The fraction of sp³-hybridized carbons (Fsp3) is 0.593. The summed E-state index contributed by atoms with van der Waals surface area (Å²) in [5.74, 6) is -1.17. The highest BCUT2D eigenvalue weighted by atomic mass is 32.2. The molecule has 2 aromatic rings. The second-order valence-corrected chi connectivity index (χ2v) is 17.9. The molecule has 0 bridgehead atoms. The van der Waals surface area contributed by atoms with Gasteiger partial charge in [0.25, 0.3) is 0 Å². The summed E-state index contributed by atoms with van der Waals surface area (Å²) in [4.78, 5) is 87.3. The van der Waals surface area contributed by atoms with Gasteiger partial charge >= 0.3 is 23.5 Å². The van der Waals surface area contributed by atoms with Crippen molar-refractivity contribution in [1.29, 1.82) is 0 Å². The van der Waals surface area contributed by atoms with Crippen LogP contribution in [0.2, 0.25) is 0 Å². The van der Waals surface area contributed by atoms with Crippen molar-refractivity contribution in [3.05, 3.63) is 31.0 Å². The van der Waals surface area contributed by atoms with Gasteiger partial charge < -0.3 is 50.9 Å². The fourth-order valence-electron chi connectivity index (χ4n) is 4.82. The number of allylic oxidation sites excluding steroid dienone is 1. The number of thioether (sulfide) groups is 1. The quantitative estimate of drug-likeness (QED) is 0.0437. The number of carbonyl (C=O) groups excluding carboxylic acids is 3. The van der Waals surface area contributed by atoms with E-state index in [-0.39, 0.29) is 48.0 Å². The predicted molar refractivity (Wildman–Crippen MR) is 190 cm³/mol. The molecule has 1 aliphatic heterocycles. The molecule has 1 saturated heterocycles. The molecule has 1 aliphatic rings. The van der Waals surface area contributed by atoms with Crippen LogP contribution in [0, 0.1) is 5.41 Å². The van der Waals surface area contributed by atoms with Gasteiger partial charge in [0.2, 0.25) is 11.8 Å². The molecule has 308 valence electrons. The Hall–Kier alpha value is -2.92. The van der Waals surface area contributed by atoms with Crippen LogP contribution in [0.15, 0.2) is 31.0 Å². The van der Waals surface area contributed by atoms with Gasteiger partial charge in [-0.2, -0.15) is 4.31 Å². The third-order valence-electron chi connectivity index (χ3n) is 7.66. The lowest BCUT2D eigenvalue weighted by Crippen LogP contribution is -2.46. The summed E-state index contributed by atoms with van der Waals surface area (Å²) in [6.07, 6.45) is -3.89. The van der Waals surface area contributed by atoms with E-state index in [9.17, 15) is 57.9 Å². The summed E-state index contributed by atoms with van der Waals surface area (Å²) in [6, 6.07) is 0. The van der Waals surface area contributed by atoms with Crippen molar-refractivity contribution in [3.8, 4) is 0 Å². The molecular formula is C27H42N7O17P3S. The summed E-state index contributed by atoms with van der Waals surface area (Å²) in [5.41, 5.74) is 4.77. The first-order valence-corrected chi connectivity index (χ1v) is 21.3. The van der Waals surface area contributed by atoms with Gasteiger partial charge in [-0.15, -0.1) is 5.73 Å². The highest BCUT2D eigenvalue weighted by Crippen LogP contribution is 2.61. The minimum Gasteiger partial charge on any atom is -0.385 e. The molecule has 55 heavy (non-hydrogen) atoms. The van der Waals surface area contributed by atoms with Crippen LogP contribution in [0.3, 0.4) is 0 Å². The number of phosphoric ester groups is 3. The lowest BCUT2D eigenvalue weighted by atomic mass is 9.87. The monoisotopic (exact) mass is 861 g/mol. The van der Waals surface area contributed by atoms with Crippen molar-refractivity contribution < 1.29 is 80.5 Å². The van der Waals surface area contributed by atoms with Crippen LogP contribution in [0.1, 0.15) is 33.6 Å². The molecular weight excluding hydrogens is 819 g/mol. The number of imidazole rings is 1. The zero-order chi connectivity index (χ0) is 41.4. The van der Waals surface area contributed by atoms with E-state index in [1.807, 2.05) is 0 Å². The van der Waals surface area contributed by atoms with E-state index in [0.717, 1.165) is 29.0 Å². The minimum absolute atomic E-state index is 0.0169. The van der Waals surface area contributed by atoms with Crippen LogP contribution in [0.5, 0.6) is 0 Å². The SMILES string of the molecule is C=C=CCC(=O)SCCNC(=O)CCNC(=O)C(O)C(C)(C)COP(=O)(O)OP(=O)(O)OCC1OC(C)(n2cnc3c(N)ncnc32)C(O)C1OP(=O)(O)O. The number of aromatic nitrogens is 4. The van der Waals surface area contributed by atoms with Crippen LogP contribution in [0.4, 0.5) is 5.82 Å². The molecule has 3 rings (SSSR count). The van der Waals surface area contributed by atoms with Crippen LogP contribution in [-0.2, 0) is 56.4 Å². The Bertz CT molecular complexity index is 1910. The van der Waals surface area contributed by atoms with E-state index in [1.54, 1.807) is 0 Å². The summed E-state index contributed by atoms with van der Waals surface area (Å²) in [6.45, 7) is 5.02. The van der Waals surface area contributed by atoms with Gasteiger partial charge in [0.15, 0.2) is 22.3 Å². The average Bonchev–Trinajstić information content (AvgIpc) is 3.63. The lowest BCUT2D eigenvalue weighted by Gasteiger charge is -2.30. The Labute approximate surface area is 317 Å². The average molecular weight is 862 g/mol. The maximum atomic E-state index is 12.7. The number of hydrogen-bond donors (Lipinski definition) is 9. The summed E-state index contributed by atoms with van der Waals surface area (Å²) in [7, 11) is -16.5. The number of nitrogens with two attached hydrogens (primary N) is 1. The maximum absolute atomic E-state index is 12.7. The molecule has 28 heteroatoms. The van der Waals surface area contributed by atoms with Gasteiger partial charge in [-0.3, -0.25) is 32.5 Å². The second-order valence-electron chi connectivity index (χ2n) is 12.5. The van der Waals surface area contributed by atoms with Crippen molar-refractivity contribution in [1.82, 2.24) is 30.2 Å². The van der Waals surface area contributed by atoms with Gasteiger partial charge in [-0.1, -0.05) is 32.2 Å². The highest BCUT2D eigenvalue weighted by molar-refractivity contribution is 8.13. The molecule has 0 spiro atoms. The molecule has 3 heterocycles. The maximum Gasteiger partial charge on any atom is 0.481 e. The number of carbonyl (C=O) groups is 3. The van der Waals surface area contributed by atoms with Gasteiger partial charge in [0.1, 0.15) is 36.3 Å². The summed E-state index contributed by atoms with van der Waals surface area (Å²) < 4.78 is 62.5. The smallest absolute Gasteiger partial charge is 0.385 e. The first-order chi connectivity index (χ1) is 25.4. The van der Waals surface area contributed by atoms with Crippen LogP contribution in [-0.4, -0.2) is 123 Å². The summed E-state index contributed by atoms with van der Waals surface area (Å²) >= 11 is 1.01. The van der Waals surface area contributed by atoms with Crippen molar-refractivity contribution in [2.75, 3.05) is 37.8 Å². The Morgan fingerprint density at radius 3 is 2.47 bits per heavy atom. The molecule has 0 radical (unpaired) electrons. The molecule has 7 atom stereocenters. The summed E-state index contributed by atoms with van der Waals surface area (Å²) in [5, 5.41) is 26.4. The normalized spacial score (nSPS) is 23.0. The number of ether oxygens (including phenoxy) is 1. The zero-order valence-electron chi connectivity index (χ0n) is 29.5. The third kappa shape index (κ3) is 13.3. The number of rotatable bonds is 21. The number of nitrogens with one attached hydrogen (secondary N) is 2. The number of anilines is 1. The third-order valence-corrected chi connectivity index (χ3v) is 11.7. The number of amides is 2. The van der Waals surface area contributed by atoms with Gasteiger partial charge in [0, 0.05) is 37.1 Å². The van der Waals surface area contributed by atoms with E-state index >= 15 is 0 Å². The molecule has 24 nitrogen and oxygen atoms in total. The predicted octanol–water partition coefficient (Wildman–Crippen LogP) is -0.430. The Morgan fingerprint density at radius 1 is 1.15 bits per heavy atom. The molecule has 2 aromatic heterocycles. The van der Waals surface area contributed by atoms with Crippen molar-refractivity contribution >= 4 is 69.1 Å². The van der Waals surface area contributed by atoms with Crippen LogP contribution in [0.25, 0.3) is 11.2 Å². The lowest BCUT2D eigenvalue weighted by molar-refractivity contribution is -0.137. The number of nitrogen functional groups attached to an aromatic ring is 1. The molecule has 10 N–H and O–H groups in total. The first kappa shape index (κ1) is 46.5. The molecule has 2 amide bonds. The van der Waals surface area contributed by atoms with Gasteiger partial charge in [0.05, 0.1) is 19.5 Å². The Kier molecular flexibility index (Phi) is 16.1. The largest absolute Gasteiger partial charge is 0.481 e. The zero-order valence-corrected chi connectivity index (χ0v) is 33.0.